The molecular weight excluding hydrogens is 687 g/mol. The Bertz CT molecular complexity index is 1340. The minimum Gasteiger partial charge on any atom is -0.493 e. The first-order chi connectivity index (χ1) is 18.9. The lowest BCUT2D eigenvalue weighted by atomic mass is 9.85. The lowest BCUT2D eigenvalue weighted by Gasteiger charge is -2.39. The van der Waals surface area contributed by atoms with Crippen molar-refractivity contribution in [3.05, 3.63) is 90.8 Å². The van der Waals surface area contributed by atoms with Gasteiger partial charge in [-0.15, -0.1) is 0 Å². The molecule has 1 aliphatic heterocycles. The zero-order chi connectivity index (χ0) is 27.4. The molecule has 8 heteroatoms. The van der Waals surface area contributed by atoms with E-state index in [-0.39, 0.29) is 17.4 Å². The van der Waals surface area contributed by atoms with E-state index in [2.05, 4.69) is 67.8 Å². The number of thioether (sulfide) groups is 1. The number of benzene rings is 3. The Morgan fingerprint density at radius 3 is 2.56 bits per heavy atom. The number of nitrogens with one attached hydrogen (secondary N) is 1. The Hall–Kier alpha value is -2.17. The summed E-state index contributed by atoms with van der Waals surface area (Å²) in [5.41, 5.74) is 2.86. The molecule has 2 fully saturated rings. The van der Waals surface area contributed by atoms with E-state index in [4.69, 9.17) is 9.47 Å². The maximum Gasteiger partial charge on any atom is 0.262 e. The molecule has 3 atom stereocenters. The topological polar surface area (TPSA) is 50.8 Å². The van der Waals surface area contributed by atoms with Crippen molar-refractivity contribution in [2.24, 2.45) is 5.92 Å². The maximum atomic E-state index is 13.9. The summed E-state index contributed by atoms with van der Waals surface area (Å²) in [5, 5.41) is 3.61. The van der Waals surface area contributed by atoms with Crippen LogP contribution in [-0.4, -0.2) is 29.5 Å². The fourth-order valence-electron chi connectivity index (χ4n) is 5.22. The highest BCUT2D eigenvalue weighted by Crippen LogP contribution is 2.43. The molecule has 39 heavy (non-hydrogen) atoms. The zero-order valence-electron chi connectivity index (χ0n) is 22.0. The fraction of sp³-hybridized carbons (Fsp3) is 0.323. The average Bonchev–Trinajstić information content (AvgIpc) is 3.23. The van der Waals surface area contributed by atoms with Crippen LogP contribution in [0.4, 0.5) is 5.69 Å². The normalized spacial score (nSPS) is 22.3. The molecule has 1 saturated carbocycles. The number of carbonyl (C=O) groups is 1. The van der Waals surface area contributed by atoms with Crippen molar-refractivity contribution in [3.63, 3.8) is 0 Å². The third-order valence-corrected chi connectivity index (χ3v) is 9.71. The van der Waals surface area contributed by atoms with E-state index >= 15 is 0 Å². The van der Waals surface area contributed by atoms with Gasteiger partial charge in [0.15, 0.2) is 17.0 Å². The molecule has 3 aromatic carbocycles. The number of halogens is 2. The van der Waals surface area contributed by atoms with Gasteiger partial charge in [0.25, 0.3) is 5.91 Å². The number of nitrogens with zero attached hydrogens (tertiary/aromatic N) is 1. The third kappa shape index (κ3) is 6.77. The maximum absolute atomic E-state index is 13.9. The molecule has 1 saturated heterocycles. The quantitative estimate of drug-likeness (QED) is 0.187. The van der Waals surface area contributed by atoms with Crippen LogP contribution in [0.3, 0.4) is 0 Å². The number of hydrogen-bond donors (Lipinski definition) is 1. The Morgan fingerprint density at radius 2 is 1.85 bits per heavy atom. The zero-order valence-corrected chi connectivity index (χ0v) is 26.6. The highest BCUT2D eigenvalue weighted by Gasteiger charge is 2.42. The van der Waals surface area contributed by atoms with E-state index in [0.29, 0.717) is 24.0 Å². The summed E-state index contributed by atoms with van der Waals surface area (Å²) >= 11 is 7.34. The van der Waals surface area contributed by atoms with Crippen molar-refractivity contribution in [2.75, 3.05) is 12.4 Å². The lowest BCUT2D eigenvalue weighted by Crippen LogP contribution is -2.48. The van der Waals surface area contributed by atoms with Crippen LogP contribution in [0.1, 0.15) is 43.7 Å². The molecule has 1 unspecified atom stereocenters. The Labute approximate surface area is 257 Å². The molecule has 0 bridgehead atoms. The summed E-state index contributed by atoms with van der Waals surface area (Å²) in [6.07, 6.45) is 6.60. The van der Waals surface area contributed by atoms with Crippen molar-refractivity contribution < 1.29 is 14.3 Å². The first-order valence-electron chi connectivity index (χ1n) is 13.2. The minimum absolute atomic E-state index is 0.0942. The van der Waals surface area contributed by atoms with Gasteiger partial charge in [0.1, 0.15) is 6.61 Å². The van der Waals surface area contributed by atoms with Crippen LogP contribution in [0.15, 0.2) is 76.1 Å². The Morgan fingerprint density at radius 1 is 1.10 bits per heavy atom. The summed E-state index contributed by atoms with van der Waals surface area (Å²) in [5.74, 6) is 1.93. The molecule has 1 heterocycles. The molecule has 204 valence electrons. The number of methoxy groups -OCH3 is 1. The second-order valence-electron chi connectivity index (χ2n) is 9.98. The first kappa shape index (κ1) is 28.4. The summed E-state index contributed by atoms with van der Waals surface area (Å²) in [7, 11) is 1.65. The van der Waals surface area contributed by atoms with Crippen molar-refractivity contribution in [1.82, 2.24) is 4.90 Å². The number of para-hydroxylation sites is 1. The lowest BCUT2D eigenvalue weighted by molar-refractivity contribution is -0.129. The number of anilines is 1. The van der Waals surface area contributed by atoms with Gasteiger partial charge in [-0.25, -0.2) is 0 Å². The van der Waals surface area contributed by atoms with E-state index in [1.165, 1.54) is 6.42 Å². The van der Waals surface area contributed by atoms with Gasteiger partial charge >= 0.3 is 0 Å². The van der Waals surface area contributed by atoms with Crippen LogP contribution in [0, 0.1) is 9.49 Å². The first-order valence-corrected chi connectivity index (χ1v) is 16.0. The molecule has 0 radical (unpaired) electrons. The van der Waals surface area contributed by atoms with Crippen molar-refractivity contribution in [2.45, 2.75) is 50.8 Å². The number of carbonyl (C=O) groups excluding carboxylic acids is 1. The molecule has 1 aliphatic carbocycles. The highest BCUT2D eigenvalue weighted by molar-refractivity contribution is 14.1. The van der Waals surface area contributed by atoms with E-state index < -0.39 is 0 Å². The number of amides is 1. The van der Waals surface area contributed by atoms with E-state index in [9.17, 15) is 4.79 Å². The van der Waals surface area contributed by atoms with Gasteiger partial charge < -0.3 is 19.7 Å². The third-order valence-electron chi connectivity index (χ3n) is 7.27. The van der Waals surface area contributed by atoms with E-state index in [1.807, 2.05) is 60.7 Å². The number of rotatable bonds is 8. The van der Waals surface area contributed by atoms with Crippen LogP contribution in [0.2, 0.25) is 0 Å². The van der Waals surface area contributed by atoms with Crippen molar-refractivity contribution in [1.29, 1.82) is 0 Å². The predicted molar refractivity (Wildman–Crippen MR) is 172 cm³/mol. The highest BCUT2D eigenvalue weighted by atomic mass is 127. The van der Waals surface area contributed by atoms with Gasteiger partial charge in [0.2, 0.25) is 0 Å². The van der Waals surface area contributed by atoms with Crippen LogP contribution < -0.4 is 14.8 Å². The predicted octanol–water partition coefficient (Wildman–Crippen LogP) is 8.53. The summed E-state index contributed by atoms with van der Waals surface area (Å²) in [6.45, 7) is 2.72. The molecule has 2 aliphatic rings. The molecule has 3 aromatic rings. The SMILES string of the molecule is COc1cc(/C=C2\SC(Nc3ccccc3)N([C@H]3CCCC[C@H]3C)C2=O)cc(I)c1OCc1ccc(Br)cc1. The molecule has 5 nitrogen and oxygen atoms in total. The van der Waals surface area contributed by atoms with Gasteiger partial charge in [0.05, 0.1) is 15.6 Å². The molecule has 0 spiro atoms. The number of hydrogen-bond acceptors (Lipinski definition) is 5. The van der Waals surface area contributed by atoms with Crippen LogP contribution in [0.5, 0.6) is 11.5 Å². The van der Waals surface area contributed by atoms with Crippen molar-refractivity contribution in [3.8, 4) is 11.5 Å². The van der Waals surface area contributed by atoms with Crippen LogP contribution in [0.25, 0.3) is 6.08 Å². The smallest absolute Gasteiger partial charge is 0.262 e. The minimum atomic E-state index is -0.147. The second-order valence-corrected chi connectivity index (χ2v) is 13.2. The van der Waals surface area contributed by atoms with Crippen LogP contribution in [-0.2, 0) is 11.4 Å². The molecule has 5 rings (SSSR count). The van der Waals surface area contributed by atoms with Crippen LogP contribution >= 0.6 is 50.3 Å². The fourth-order valence-corrected chi connectivity index (χ4v) is 7.48. The molecule has 1 N–H and O–H groups in total. The number of ether oxygens (including phenoxy) is 2. The van der Waals surface area contributed by atoms with Gasteiger partial charge in [-0.1, -0.05) is 77.8 Å². The molecule has 1 amide bonds. The second kappa shape index (κ2) is 13.0. The molecular formula is C31H32BrIN2O3S. The van der Waals surface area contributed by atoms with Gasteiger partial charge in [-0.3, -0.25) is 4.79 Å². The average molecular weight is 719 g/mol. The molecule has 0 aromatic heterocycles. The van der Waals surface area contributed by atoms with E-state index in [0.717, 1.165) is 49.0 Å². The van der Waals surface area contributed by atoms with Crippen molar-refractivity contribution >= 4 is 68.0 Å². The monoisotopic (exact) mass is 718 g/mol. The summed E-state index contributed by atoms with van der Waals surface area (Å²) in [6, 6.07) is 22.4. The standard InChI is InChI=1S/C31H32BrIN2O3S/c1-20-8-6-7-11-26(20)35-30(36)28(39-31(35)34-24-9-4-3-5-10-24)18-22-16-25(33)29(27(17-22)37-2)38-19-21-12-14-23(32)15-13-21/h3-5,9-10,12-18,20,26,31,34H,6-8,11,19H2,1-2H3/b28-18-/t20-,26+,31?/m1/s1. The Balaban J connectivity index is 1.40. The van der Waals surface area contributed by atoms with Gasteiger partial charge in [-0.2, -0.15) is 0 Å². The summed E-state index contributed by atoms with van der Waals surface area (Å²) < 4.78 is 13.8. The summed E-state index contributed by atoms with van der Waals surface area (Å²) in [4.78, 5) is 16.7. The van der Waals surface area contributed by atoms with Gasteiger partial charge in [0, 0.05) is 16.2 Å². The van der Waals surface area contributed by atoms with E-state index in [1.54, 1.807) is 18.9 Å². The largest absolute Gasteiger partial charge is 0.493 e. The Kier molecular flexibility index (Phi) is 9.45. The van der Waals surface area contributed by atoms with Gasteiger partial charge in [-0.05, 0) is 95.0 Å².